The average Bonchev–Trinajstić information content (AvgIpc) is 2.29. The number of benzene rings is 1. The normalized spacial score (nSPS) is 13.2. The van der Waals surface area contributed by atoms with Crippen molar-refractivity contribution in [2.24, 2.45) is 11.1 Å². The summed E-state index contributed by atoms with van der Waals surface area (Å²) in [6, 6.07) is 7.39. The molecule has 1 atom stereocenters. The molecular weight excluding hydrogens is 236 g/mol. The first-order chi connectivity index (χ1) is 7.86. The van der Waals surface area contributed by atoms with Gasteiger partial charge in [-0.3, -0.25) is 4.79 Å². The third kappa shape index (κ3) is 3.72. The van der Waals surface area contributed by atoms with Crippen LogP contribution in [0.3, 0.4) is 0 Å². The summed E-state index contributed by atoms with van der Waals surface area (Å²) >= 11 is 5.81. The van der Waals surface area contributed by atoms with E-state index in [4.69, 9.17) is 17.3 Å². The summed E-state index contributed by atoms with van der Waals surface area (Å²) < 4.78 is 0. The highest BCUT2D eigenvalue weighted by atomic mass is 35.5. The van der Waals surface area contributed by atoms with Gasteiger partial charge in [-0.15, -0.1) is 0 Å². The molecular formula is C13H19ClN2O. The van der Waals surface area contributed by atoms with Crippen molar-refractivity contribution in [1.29, 1.82) is 0 Å². The SMILES string of the molecule is C[C@@H](NC(=O)C(C)(C)CN)c1ccc(Cl)cc1. The molecule has 0 aromatic heterocycles. The Labute approximate surface area is 107 Å². The lowest BCUT2D eigenvalue weighted by molar-refractivity contribution is -0.129. The highest BCUT2D eigenvalue weighted by molar-refractivity contribution is 6.30. The Balaban J connectivity index is 2.70. The Morgan fingerprint density at radius 3 is 2.41 bits per heavy atom. The predicted molar refractivity (Wildman–Crippen MR) is 70.8 cm³/mol. The zero-order valence-electron chi connectivity index (χ0n) is 10.5. The van der Waals surface area contributed by atoms with Crippen molar-refractivity contribution in [3.05, 3.63) is 34.9 Å². The van der Waals surface area contributed by atoms with Crippen molar-refractivity contribution in [2.75, 3.05) is 6.54 Å². The van der Waals surface area contributed by atoms with Crippen molar-refractivity contribution in [3.63, 3.8) is 0 Å². The van der Waals surface area contributed by atoms with Crippen LogP contribution in [0.1, 0.15) is 32.4 Å². The molecule has 0 fully saturated rings. The van der Waals surface area contributed by atoms with Crippen LogP contribution < -0.4 is 11.1 Å². The van der Waals surface area contributed by atoms with Gasteiger partial charge in [-0.2, -0.15) is 0 Å². The molecule has 0 bridgehead atoms. The van der Waals surface area contributed by atoms with E-state index in [0.717, 1.165) is 5.56 Å². The van der Waals surface area contributed by atoms with Crippen LogP contribution in [-0.4, -0.2) is 12.5 Å². The Hall–Kier alpha value is -1.06. The van der Waals surface area contributed by atoms with Crippen molar-refractivity contribution in [3.8, 4) is 0 Å². The van der Waals surface area contributed by atoms with Crippen LogP contribution in [0.25, 0.3) is 0 Å². The third-order valence-electron chi connectivity index (χ3n) is 2.84. The highest BCUT2D eigenvalue weighted by Gasteiger charge is 2.26. The summed E-state index contributed by atoms with van der Waals surface area (Å²) in [6.45, 7) is 5.92. The second-order valence-corrected chi connectivity index (χ2v) is 5.27. The number of nitrogens with two attached hydrogens (primary N) is 1. The number of rotatable bonds is 4. The minimum absolute atomic E-state index is 0.0394. The molecule has 3 N–H and O–H groups in total. The zero-order chi connectivity index (χ0) is 13.1. The smallest absolute Gasteiger partial charge is 0.227 e. The van der Waals surface area contributed by atoms with Gasteiger partial charge in [0.2, 0.25) is 5.91 Å². The first-order valence-corrected chi connectivity index (χ1v) is 6.01. The lowest BCUT2D eigenvalue weighted by atomic mass is 9.92. The fourth-order valence-corrected chi connectivity index (χ4v) is 1.45. The zero-order valence-corrected chi connectivity index (χ0v) is 11.2. The molecule has 0 saturated carbocycles. The van der Waals surface area contributed by atoms with Gasteiger partial charge in [0.15, 0.2) is 0 Å². The van der Waals surface area contributed by atoms with E-state index in [2.05, 4.69) is 5.32 Å². The standard InChI is InChI=1S/C13H19ClN2O/c1-9(10-4-6-11(14)7-5-10)16-12(17)13(2,3)8-15/h4-7,9H,8,15H2,1-3H3,(H,16,17)/t9-/m1/s1. The average molecular weight is 255 g/mol. The van der Waals surface area contributed by atoms with Gasteiger partial charge < -0.3 is 11.1 Å². The maximum atomic E-state index is 11.9. The quantitative estimate of drug-likeness (QED) is 0.868. The van der Waals surface area contributed by atoms with Gasteiger partial charge in [-0.05, 0) is 38.5 Å². The Morgan fingerprint density at radius 2 is 1.94 bits per heavy atom. The molecule has 0 aliphatic carbocycles. The van der Waals surface area contributed by atoms with E-state index in [-0.39, 0.29) is 11.9 Å². The fraction of sp³-hybridized carbons (Fsp3) is 0.462. The molecule has 1 aromatic rings. The molecule has 0 heterocycles. The molecule has 0 aliphatic rings. The van der Waals surface area contributed by atoms with E-state index in [0.29, 0.717) is 11.6 Å². The molecule has 4 heteroatoms. The van der Waals surface area contributed by atoms with E-state index in [1.54, 1.807) is 0 Å². The third-order valence-corrected chi connectivity index (χ3v) is 3.09. The predicted octanol–water partition coefficient (Wildman–Crippen LogP) is 2.50. The minimum Gasteiger partial charge on any atom is -0.349 e. The maximum absolute atomic E-state index is 11.9. The largest absolute Gasteiger partial charge is 0.349 e. The summed E-state index contributed by atoms with van der Waals surface area (Å²) in [4.78, 5) is 11.9. The molecule has 0 saturated heterocycles. The van der Waals surface area contributed by atoms with Crippen molar-refractivity contribution >= 4 is 17.5 Å². The highest BCUT2D eigenvalue weighted by Crippen LogP contribution is 2.19. The molecule has 94 valence electrons. The number of nitrogens with one attached hydrogen (secondary N) is 1. The maximum Gasteiger partial charge on any atom is 0.227 e. The van der Waals surface area contributed by atoms with Crippen LogP contribution in [0.2, 0.25) is 5.02 Å². The summed E-state index contributed by atoms with van der Waals surface area (Å²) in [5, 5.41) is 3.63. The van der Waals surface area contributed by atoms with E-state index >= 15 is 0 Å². The van der Waals surface area contributed by atoms with E-state index in [1.165, 1.54) is 0 Å². The topological polar surface area (TPSA) is 55.1 Å². The number of halogens is 1. The molecule has 0 spiro atoms. The molecule has 17 heavy (non-hydrogen) atoms. The molecule has 0 unspecified atom stereocenters. The van der Waals surface area contributed by atoms with Crippen LogP contribution in [0.15, 0.2) is 24.3 Å². The first-order valence-electron chi connectivity index (χ1n) is 5.63. The van der Waals surface area contributed by atoms with Gasteiger partial charge in [-0.1, -0.05) is 23.7 Å². The van der Waals surface area contributed by atoms with Crippen molar-refractivity contribution in [1.82, 2.24) is 5.32 Å². The molecule has 0 aliphatic heterocycles. The lowest BCUT2D eigenvalue weighted by Crippen LogP contribution is -2.42. The van der Waals surface area contributed by atoms with E-state index in [1.807, 2.05) is 45.0 Å². The van der Waals surface area contributed by atoms with Crippen molar-refractivity contribution < 1.29 is 4.79 Å². The van der Waals surface area contributed by atoms with Gasteiger partial charge in [0.05, 0.1) is 11.5 Å². The molecule has 1 rings (SSSR count). The number of hydrogen-bond acceptors (Lipinski definition) is 2. The number of carbonyl (C=O) groups is 1. The minimum atomic E-state index is -0.541. The monoisotopic (exact) mass is 254 g/mol. The summed E-state index contributed by atoms with van der Waals surface area (Å²) in [7, 11) is 0. The van der Waals surface area contributed by atoms with Crippen LogP contribution in [0.4, 0.5) is 0 Å². The number of hydrogen-bond donors (Lipinski definition) is 2. The Morgan fingerprint density at radius 1 is 1.41 bits per heavy atom. The Kier molecular flexibility index (Phi) is 4.54. The number of carbonyl (C=O) groups excluding carboxylic acids is 1. The second kappa shape index (κ2) is 5.52. The van der Waals surface area contributed by atoms with Crippen LogP contribution in [0.5, 0.6) is 0 Å². The summed E-state index contributed by atoms with van der Waals surface area (Å²) in [5.74, 6) is -0.0394. The molecule has 1 amide bonds. The lowest BCUT2D eigenvalue weighted by Gasteiger charge is -2.24. The van der Waals surface area contributed by atoms with Crippen LogP contribution in [-0.2, 0) is 4.79 Å². The van der Waals surface area contributed by atoms with Gasteiger partial charge in [0, 0.05) is 11.6 Å². The summed E-state index contributed by atoms with van der Waals surface area (Å²) in [6.07, 6.45) is 0. The van der Waals surface area contributed by atoms with Crippen LogP contribution >= 0.6 is 11.6 Å². The van der Waals surface area contributed by atoms with Gasteiger partial charge in [0.1, 0.15) is 0 Å². The molecule has 1 aromatic carbocycles. The van der Waals surface area contributed by atoms with Crippen molar-refractivity contribution in [2.45, 2.75) is 26.8 Å². The molecule has 3 nitrogen and oxygen atoms in total. The van der Waals surface area contributed by atoms with E-state index < -0.39 is 5.41 Å². The summed E-state index contributed by atoms with van der Waals surface area (Å²) in [5.41, 5.74) is 6.05. The van der Waals surface area contributed by atoms with Crippen LogP contribution in [0, 0.1) is 5.41 Å². The van der Waals surface area contributed by atoms with E-state index in [9.17, 15) is 4.79 Å². The second-order valence-electron chi connectivity index (χ2n) is 4.83. The van der Waals surface area contributed by atoms with Gasteiger partial charge in [0.25, 0.3) is 0 Å². The fourth-order valence-electron chi connectivity index (χ4n) is 1.32. The first kappa shape index (κ1) is 14.0. The van der Waals surface area contributed by atoms with Gasteiger partial charge in [-0.25, -0.2) is 0 Å². The van der Waals surface area contributed by atoms with Gasteiger partial charge >= 0.3 is 0 Å². The number of amides is 1. The molecule has 0 radical (unpaired) electrons. The Bertz CT molecular complexity index is 387.